The zero-order chi connectivity index (χ0) is 19.8. The van der Waals surface area contributed by atoms with Crippen molar-refractivity contribution in [2.45, 2.75) is 26.2 Å². The molecule has 6 heteroatoms. The Morgan fingerprint density at radius 1 is 1.04 bits per heavy atom. The number of aryl methyl sites for hydroxylation is 1. The summed E-state index contributed by atoms with van der Waals surface area (Å²) in [5.74, 6) is 0.979. The summed E-state index contributed by atoms with van der Waals surface area (Å²) in [5.41, 5.74) is 1.69. The van der Waals surface area contributed by atoms with E-state index in [0.29, 0.717) is 51.2 Å². The number of hydrogen-bond acceptors (Lipinski definition) is 4. The van der Waals surface area contributed by atoms with Crippen molar-refractivity contribution in [1.82, 2.24) is 14.8 Å². The molecule has 0 N–H and O–H groups in total. The Kier molecular flexibility index (Phi) is 7.00. The normalized spacial score (nSPS) is 14.5. The van der Waals surface area contributed by atoms with Crippen LogP contribution in [0.3, 0.4) is 0 Å². The molecule has 148 valence electrons. The number of ether oxygens (including phenoxy) is 1. The summed E-state index contributed by atoms with van der Waals surface area (Å²) in [7, 11) is 0. The fourth-order valence-corrected chi connectivity index (χ4v) is 3.32. The van der Waals surface area contributed by atoms with Gasteiger partial charge in [-0.3, -0.25) is 14.6 Å². The molecular weight excluding hydrogens is 354 g/mol. The van der Waals surface area contributed by atoms with E-state index < -0.39 is 0 Å². The van der Waals surface area contributed by atoms with E-state index in [1.165, 1.54) is 0 Å². The van der Waals surface area contributed by atoms with E-state index in [1.54, 1.807) is 24.5 Å². The Morgan fingerprint density at radius 3 is 2.61 bits per heavy atom. The smallest absolute Gasteiger partial charge is 0.255 e. The van der Waals surface area contributed by atoms with Crippen molar-refractivity contribution in [1.29, 1.82) is 0 Å². The lowest BCUT2D eigenvalue weighted by Crippen LogP contribution is -2.37. The molecule has 0 bridgehead atoms. The first kappa shape index (κ1) is 19.9. The predicted molar refractivity (Wildman–Crippen MR) is 107 cm³/mol. The van der Waals surface area contributed by atoms with Crippen LogP contribution in [0.2, 0.25) is 0 Å². The molecule has 0 aliphatic carbocycles. The minimum absolute atomic E-state index is 0.0194. The maximum absolute atomic E-state index is 12.6. The Morgan fingerprint density at radius 2 is 1.82 bits per heavy atom. The summed E-state index contributed by atoms with van der Waals surface area (Å²) < 4.78 is 5.77. The number of aromatic nitrogens is 1. The maximum atomic E-state index is 12.6. The van der Waals surface area contributed by atoms with Crippen LogP contribution in [0.25, 0.3) is 0 Å². The van der Waals surface area contributed by atoms with Crippen LogP contribution in [-0.2, 0) is 4.79 Å². The summed E-state index contributed by atoms with van der Waals surface area (Å²) >= 11 is 0. The number of rotatable bonds is 6. The number of carbonyl (C=O) groups is 2. The van der Waals surface area contributed by atoms with Gasteiger partial charge in [0, 0.05) is 45.0 Å². The van der Waals surface area contributed by atoms with Gasteiger partial charge in [0.1, 0.15) is 5.75 Å². The van der Waals surface area contributed by atoms with Gasteiger partial charge < -0.3 is 14.5 Å². The maximum Gasteiger partial charge on any atom is 0.255 e. The van der Waals surface area contributed by atoms with Gasteiger partial charge >= 0.3 is 0 Å². The summed E-state index contributed by atoms with van der Waals surface area (Å²) in [6, 6.07) is 11.4. The summed E-state index contributed by atoms with van der Waals surface area (Å²) in [6.07, 6.45) is 5.18. The van der Waals surface area contributed by atoms with E-state index in [0.717, 1.165) is 17.7 Å². The van der Waals surface area contributed by atoms with Crippen LogP contribution in [-0.4, -0.2) is 59.4 Å². The van der Waals surface area contributed by atoms with Crippen LogP contribution in [0.4, 0.5) is 0 Å². The number of hydrogen-bond donors (Lipinski definition) is 0. The topological polar surface area (TPSA) is 62.7 Å². The highest BCUT2D eigenvalue weighted by molar-refractivity contribution is 5.93. The number of para-hydroxylation sites is 1. The lowest BCUT2D eigenvalue weighted by Gasteiger charge is -2.22. The largest absolute Gasteiger partial charge is 0.493 e. The molecule has 0 unspecified atom stereocenters. The number of amides is 2. The second-order valence-corrected chi connectivity index (χ2v) is 6.99. The zero-order valence-electron chi connectivity index (χ0n) is 16.3. The van der Waals surface area contributed by atoms with Gasteiger partial charge in [0.2, 0.25) is 5.91 Å². The molecule has 3 rings (SSSR count). The van der Waals surface area contributed by atoms with Crippen LogP contribution < -0.4 is 4.74 Å². The highest BCUT2D eigenvalue weighted by Crippen LogP contribution is 2.16. The molecule has 28 heavy (non-hydrogen) atoms. The average Bonchev–Trinajstić information content (AvgIpc) is 2.99. The molecule has 0 spiro atoms. The fraction of sp³-hybridized carbons (Fsp3) is 0.409. The van der Waals surface area contributed by atoms with Gasteiger partial charge in [-0.2, -0.15) is 0 Å². The zero-order valence-corrected chi connectivity index (χ0v) is 16.3. The van der Waals surface area contributed by atoms with Crippen LogP contribution in [0, 0.1) is 6.92 Å². The Bertz CT molecular complexity index is 795. The van der Waals surface area contributed by atoms with Gasteiger partial charge in [0.25, 0.3) is 5.91 Å². The first-order valence-electron chi connectivity index (χ1n) is 9.80. The van der Waals surface area contributed by atoms with Crippen LogP contribution >= 0.6 is 0 Å². The van der Waals surface area contributed by atoms with Crippen molar-refractivity contribution in [3.8, 4) is 5.75 Å². The highest BCUT2D eigenvalue weighted by Gasteiger charge is 2.22. The number of benzene rings is 1. The lowest BCUT2D eigenvalue weighted by atomic mass is 10.2. The van der Waals surface area contributed by atoms with E-state index in [4.69, 9.17) is 4.74 Å². The average molecular weight is 381 g/mol. The first-order valence-corrected chi connectivity index (χ1v) is 9.80. The monoisotopic (exact) mass is 381 g/mol. The van der Waals surface area contributed by atoms with Gasteiger partial charge in [-0.1, -0.05) is 18.2 Å². The summed E-state index contributed by atoms with van der Waals surface area (Å²) in [4.78, 5) is 32.8. The minimum atomic E-state index is -0.0194. The van der Waals surface area contributed by atoms with Gasteiger partial charge in [0.15, 0.2) is 0 Å². The van der Waals surface area contributed by atoms with E-state index in [1.807, 2.05) is 41.0 Å². The highest BCUT2D eigenvalue weighted by atomic mass is 16.5. The molecule has 2 aromatic rings. The molecule has 0 radical (unpaired) electrons. The predicted octanol–water partition coefficient (Wildman–Crippen LogP) is 2.92. The molecule has 1 saturated heterocycles. The SMILES string of the molecule is Cc1ccccc1OCCCC(=O)N1CCCN(C(=O)c2cccnc2)CC1. The molecule has 1 aromatic carbocycles. The molecule has 2 heterocycles. The molecular formula is C22H27N3O3. The first-order chi connectivity index (χ1) is 13.6. The van der Waals surface area contributed by atoms with Gasteiger partial charge in [0.05, 0.1) is 12.2 Å². The van der Waals surface area contributed by atoms with Crippen molar-refractivity contribution in [2.24, 2.45) is 0 Å². The fourth-order valence-electron chi connectivity index (χ4n) is 3.32. The Labute approximate surface area is 166 Å². The third-order valence-corrected chi connectivity index (χ3v) is 4.93. The molecule has 1 fully saturated rings. The lowest BCUT2D eigenvalue weighted by molar-refractivity contribution is -0.131. The molecule has 1 aromatic heterocycles. The van der Waals surface area contributed by atoms with E-state index in [-0.39, 0.29) is 11.8 Å². The molecule has 0 atom stereocenters. The second-order valence-electron chi connectivity index (χ2n) is 6.99. The van der Waals surface area contributed by atoms with Crippen molar-refractivity contribution < 1.29 is 14.3 Å². The molecule has 1 aliphatic heterocycles. The van der Waals surface area contributed by atoms with E-state index >= 15 is 0 Å². The van der Waals surface area contributed by atoms with Crippen LogP contribution in [0.5, 0.6) is 5.75 Å². The number of pyridine rings is 1. The van der Waals surface area contributed by atoms with Gasteiger partial charge in [-0.15, -0.1) is 0 Å². The third kappa shape index (κ3) is 5.31. The molecule has 1 aliphatic rings. The van der Waals surface area contributed by atoms with Crippen LogP contribution in [0.15, 0.2) is 48.8 Å². The second kappa shape index (κ2) is 9.88. The van der Waals surface area contributed by atoms with Crippen molar-refractivity contribution >= 4 is 11.8 Å². The minimum Gasteiger partial charge on any atom is -0.493 e. The van der Waals surface area contributed by atoms with Crippen molar-refractivity contribution in [3.05, 3.63) is 59.9 Å². The number of carbonyl (C=O) groups excluding carboxylic acids is 2. The summed E-state index contributed by atoms with van der Waals surface area (Å²) in [5, 5.41) is 0. The summed E-state index contributed by atoms with van der Waals surface area (Å²) in [6.45, 7) is 5.01. The number of nitrogens with zero attached hydrogens (tertiary/aromatic N) is 3. The molecule has 0 saturated carbocycles. The van der Waals surface area contributed by atoms with Crippen molar-refractivity contribution in [3.63, 3.8) is 0 Å². The van der Waals surface area contributed by atoms with Gasteiger partial charge in [-0.05, 0) is 43.5 Å². The van der Waals surface area contributed by atoms with E-state index in [9.17, 15) is 9.59 Å². The van der Waals surface area contributed by atoms with E-state index in [2.05, 4.69) is 4.98 Å². The quantitative estimate of drug-likeness (QED) is 0.722. The Balaban J connectivity index is 1.43. The molecule has 2 amide bonds. The van der Waals surface area contributed by atoms with Gasteiger partial charge in [-0.25, -0.2) is 0 Å². The van der Waals surface area contributed by atoms with Crippen LogP contribution in [0.1, 0.15) is 35.2 Å². The molecule has 6 nitrogen and oxygen atoms in total. The Hall–Kier alpha value is -2.89. The third-order valence-electron chi connectivity index (χ3n) is 4.93. The van der Waals surface area contributed by atoms with Crippen molar-refractivity contribution in [2.75, 3.05) is 32.8 Å². The standard InChI is InChI=1S/C22H27N3O3/c1-18-7-2-3-9-20(18)28-16-5-10-21(26)24-12-6-13-25(15-14-24)22(27)19-8-4-11-23-17-19/h2-4,7-9,11,17H,5-6,10,12-16H2,1H3.